The fourth-order valence-corrected chi connectivity index (χ4v) is 1.62. The Labute approximate surface area is 99.8 Å². The zero-order chi connectivity index (χ0) is 12.3. The van der Waals surface area contributed by atoms with Crippen LogP contribution in [0.3, 0.4) is 0 Å². The number of hydrogen-bond acceptors (Lipinski definition) is 3. The quantitative estimate of drug-likeness (QED) is 0.814. The van der Waals surface area contributed by atoms with E-state index in [4.69, 9.17) is 0 Å². The molecule has 1 atom stereocenters. The van der Waals surface area contributed by atoms with Crippen molar-refractivity contribution in [3.8, 4) is 11.4 Å². The maximum absolute atomic E-state index is 12.8. The van der Waals surface area contributed by atoms with Gasteiger partial charge in [0.05, 0.1) is 17.6 Å². The average Bonchev–Trinajstić information content (AvgIpc) is 2.39. The molecular weight excluding hydrogens is 217 g/mol. The van der Waals surface area contributed by atoms with E-state index in [1.807, 2.05) is 0 Å². The minimum absolute atomic E-state index is 0.311. The van der Waals surface area contributed by atoms with Crippen LogP contribution in [-0.4, -0.2) is 15.0 Å². The first-order chi connectivity index (χ1) is 8.22. The Bertz CT molecular complexity index is 496. The summed E-state index contributed by atoms with van der Waals surface area (Å²) in [6, 6.07) is 3.02. The highest BCUT2D eigenvalue weighted by atomic mass is 19.1. The van der Waals surface area contributed by atoms with E-state index >= 15 is 0 Å². The second kappa shape index (κ2) is 4.99. The molecular formula is C13H14FN3. The second-order valence-electron chi connectivity index (χ2n) is 3.96. The molecule has 0 spiro atoms. The third-order valence-electron chi connectivity index (χ3n) is 2.78. The van der Waals surface area contributed by atoms with E-state index in [0.717, 1.165) is 17.8 Å². The van der Waals surface area contributed by atoms with Crippen LogP contribution in [0, 0.1) is 5.82 Å². The van der Waals surface area contributed by atoms with Crippen LogP contribution in [0.1, 0.15) is 31.9 Å². The number of halogens is 1. The van der Waals surface area contributed by atoms with Crippen LogP contribution in [0.5, 0.6) is 0 Å². The van der Waals surface area contributed by atoms with Crippen LogP contribution in [-0.2, 0) is 0 Å². The summed E-state index contributed by atoms with van der Waals surface area (Å²) in [5.41, 5.74) is 2.31. The lowest BCUT2D eigenvalue weighted by Gasteiger charge is -2.11. The lowest BCUT2D eigenvalue weighted by atomic mass is 10.0. The van der Waals surface area contributed by atoms with Crippen LogP contribution in [0.4, 0.5) is 4.39 Å². The van der Waals surface area contributed by atoms with Crippen molar-refractivity contribution >= 4 is 0 Å². The predicted molar refractivity (Wildman–Crippen MR) is 63.9 cm³/mol. The van der Waals surface area contributed by atoms with Gasteiger partial charge >= 0.3 is 0 Å². The van der Waals surface area contributed by atoms with Gasteiger partial charge in [-0.05, 0) is 18.6 Å². The minimum Gasteiger partial charge on any atom is -0.257 e. The number of aromatic nitrogens is 3. The largest absolute Gasteiger partial charge is 0.257 e. The standard InChI is InChI=1S/C13H14FN3/c1-3-9(2)12-13(16-7-6-15-12)11-5-4-10(14)8-17-11/h4-9H,3H2,1-2H3. The number of pyridine rings is 1. The normalized spacial score (nSPS) is 12.4. The van der Waals surface area contributed by atoms with Gasteiger partial charge in [-0.25, -0.2) is 4.39 Å². The third-order valence-corrected chi connectivity index (χ3v) is 2.78. The Hall–Kier alpha value is -1.84. The molecule has 3 nitrogen and oxygen atoms in total. The van der Waals surface area contributed by atoms with Crippen molar-refractivity contribution in [2.75, 3.05) is 0 Å². The molecule has 2 heterocycles. The molecule has 2 aromatic rings. The molecule has 0 amide bonds. The van der Waals surface area contributed by atoms with E-state index in [1.165, 1.54) is 12.3 Å². The molecule has 2 aromatic heterocycles. The van der Waals surface area contributed by atoms with Gasteiger partial charge in [0.15, 0.2) is 0 Å². The molecule has 2 rings (SSSR count). The van der Waals surface area contributed by atoms with Gasteiger partial charge in [-0.1, -0.05) is 13.8 Å². The van der Waals surface area contributed by atoms with Gasteiger partial charge in [0, 0.05) is 18.3 Å². The smallest absolute Gasteiger partial charge is 0.141 e. The summed E-state index contributed by atoms with van der Waals surface area (Å²) in [6.45, 7) is 4.19. The summed E-state index contributed by atoms with van der Waals surface area (Å²) in [7, 11) is 0. The Morgan fingerprint density at radius 3 is 2.59 bits per heavy atom. The Balaban J connectivity index is 2.48. The SMILES string of the molecule is CCC(C)c1nccnc1-c1ccc(F)cn1. The third kappa shape index (κ3) is 2.46. The zero-order valence-electron chi connectivity index (χ0n) is 9.89. The fraction of sp³-hybridized carbons (Fsp3) is 0.308. The number of rotatable bonds is 3. The lowest BCUT2D eigenvalue weighted by Crippen LogP contribution is -2.02. The van der Waals surface area contributed by atoms with Crippen molar-refractivity contribution in [1.29, 1.82) is 0 Å². The Kier molecular flexibility index (Phi) is 3.42. The topological polar surface area (TPSA) is 38.7 Å². The number of nitrogens with zero attached hydrogens (tertiary/aromatic N) is 3. The molecule has 0 aliphatic heterocycles. The Morgan fingerprint density at radius 2 is 1.94 bits per heavy atom. The van der Waals surface area contributed by atoms with Crippen molar-refractivity contribution in [1.82, 2.24) is 15.0 Å². The van der Waals surface area contributed by atoms with E-state index in [0.29, 0.717) is 11.6 Å². The highest BCUT2D eigenvalue weighted by Crippen LogP contribution is 2.25. The highest BCUT2D eigenvalue weighted by Gasteiger charge is 2.13. The average molecular weight is 231 g/mol. The van der Waals surface area contributed by atoms with Crippen molar-refractivity contribution in [2.24, 2.45) is 0 Å². The van der Waals surface area contributed by atoms with Gasteiger partial charge in [0.1, 0.15) is 11.5 Å². The number of hydrogen-bond donors (Lipinski definition) is 0. The lowest BCUT2D eigenvalue weighted by molar-refractivity contribution is 0.621. The summed E-state index contributed by atoms with van der Waals surface area (Å²) in [5, 5.41) is 0. The first kappa shape index (κ1) is 11.6. The van der Waals surface area contributed by atoms with Crippen LogP contribution >= 0.6 is 0 Å². The monoisotopic (exact) mass is 231 g/mol. The molecule has 0 aromatic carbocycles. The van der Waals surface area contributed by atoms with E-state index in [9.17, 15) is 4.39 Å². The fourth-order valence-electron chi connectivity index (χ4n) is 1.62. The van der Waals surface area contributed by atoms with Crippen LogP contribution in [0.2, 0.25) is 0 Å². The van der Waals surface area contributed by atoms with E-state index in [2.05, 4.69) is 28.8 Å². The minimum atomic E-state index is -0.345. The molecule has 17 heavy (non-hydrogen) atoms. The van der Waals surface area contributed by atoms with Gasteiger partial charge in [-0.3, -0.25) is 15.0 Å². The second-order valence-corrected chi connectivity index (χ2v) is 3.96. The summed E-state index contributed by atoms with van der Waals surface area (Å²) >= 11 is 0. The van der Waals surface area contributed by atoms with Gasteiger partial charge in [0.2, 0.25) is 0 Å². The predicted octanol–water partition coefficient (Wildman–Crippen LogP) is 3.19. The highest BCUT2D eigenvalue weighted by molar-refractivity contribution is 5.57. The molecule has 0 saturated heterocycles. The van der Waals surface area contributed by atoms with Crippen LogP contribution < -0.4 is 0 Å². The van der Waals surface area contributed by atoms with Gasteiger partial charge in [-0.2, -0.15) is 0 Å². The van der Waals surface area contributed by atoms with Gasteiger partial charge in [-0.15, -0.1) is 0 Å². The zero-order valence-corrected chi connectivity index (χ0v) is 9.89. The van der Waals surface area contributed by atoms with Gasteiger partial charge < -0.3 is 0 Å². The molecule has 4 heteroatoms. The van der Waals surface area contributed by atoms with E-state index in [-0.39, 0.29) is 5.82 Å². The summed E-state index contributed by atoms with van der Waals surface area (Å²) in [6.07, 6.45) is 5.48. The Morgan fingerprint density at radius 1 is 1.18 bits per heavy atom. The van der Waals surface area contributed by atoms with Crippen molar-refractivity contribution in [2.45, 2.75) is 26.2 Å². The maximum Gasteiger partial charge on any atom is 0.141 e. The van der Waals surface area contributed by atoms with Crippen molar-refractivity contribution < 1.29 is 4.39 Å². The van der Waals surface area contributed by atoms with Crippen molar-refractivity contribution in [3.05, 3.63) is 42.2 Å². The van der Waals surface area contributed by atoms with Gasteiger partial charge in [0.25, 0.3) is 0 Å². The molecule has 88 valence electrons. The molecule has 0 fully saturated rings. The molecule has 0 aliphatic rings. The first-order valence-corrected chi connectivity index (χ1v) is 5.65. The molecule has 0 saturated carbocycles. The molecule has 0 radical (unpaired) electrons. The molecule has 0 aliphatic carbocycles. The summed E-state index contributed by atoms with van der Waals surface area (Å²) in [4.78, 5) is 12.7. The van der Waals surface area contributed by atoms with E-state index < -0.39 is 0 Å². The molecule has 0 bridgehead atoms. The van der Waals surface area contributed by atoms with Crippen molar-refractivity contribution in [3.63, 3.8) is 0 Å². The first-order valence-electron chi connectivity index (χ1n) is 5.65. The molecule has 0 N–H and O–H groups in total. The summed E-state index contributed by atoms with van der Waals surface area (Å²) in [5.74, 6) is -0.0340. The maximum atomic E-state index is 12.8. The molecule has 1 unspecified atom stereocenters. The van der Waals surface area contributed by atoms with Crippen LogP contribution in [0.15, 0.2) is 30.7 Å². The van der Waals surface area contributed by atoms with E-state index in [1.54, 1.807) is 18.5 Å². The van der Waals surface area contributed by atoms with Crippen LogP contribution in [0.25, 0.3) is 11.4 Å². The summed E-state index contributed by atoms with van der Waals surface area (Å²) < 4.78 is 12.8.